The molecule has 8 nitrogen and oxygen atoms in total. The fourth-order valence-corrected chi connectivity index (χ4v) is 4.81. The lowest BCUT2D eigenvalue weighted by Crippen LogP contribution is -2.40. The van der Waals surface area contributed by atoms with Gasteiger partial charge >= 0.3 is 5.97 Å². The molecule has 0 aliphatic carbocycles. The van der Waals surface area contributed by atoms with Crippen molar-refractivity contribution < 1.29 is 27.4 Å². The molecule has 1 aliphatic heterocycles. The zero-order valence-corrected chi connectivity index (χ0v) is 19.1. The van der Waals surface area contributed by atoms with Crippen molar-refractivity contribution in [1.82, 2.24) is 9.21 Å². The third kappa shape index (κ3) is 7.03. The predicted molar refractivity (Wildman–Crippen MR) is 120 cm³/mol. The van der Waals surface area contributed by atoms with E-state index in [1.807, 2.05) is 30.3 Å². The van der Waals surface area contributed by atoms with Crippen molar-refractivity contribution in [3.8, 4) is 5.75 Å². The first-order valence-corrected chi connectivity index (χ1v) is 12.1. The summed E-state index contributed by atoms with van der Waals surface area (Å²) in [6.45, 7) is 3.82. The number of sulfonamides is 1. The average Bonchev–Trinajstić information content (AvgIpc) is 2.83. The molecular weight excluding hydrogens is 432 g/mol. The number of hydrogen-bond donors (Lipinski definition) is 0. The molecule has 0 radical (unpaired) electrons. The van der Waals surface area contributed by atoms with E-state index in [9.17, 15) is 13.2 Å². The third-order valence-electron chi connectivity index (χ3n) is 5.22. The van der Waals surface area contributed by atoms with E-state index >= 15 is 0 Å². The number of hydrogen-bond acceptors (Lipinski definition) is 7. The minimum atomic E-state index is -3.52. The maximum atomic E-state index is 12.7. The van der Waals surface area contributed by atoms with Gasteiger partial charge < -0.3 is 14.2 Å². The van der Waals surface area contributed by atoms with Crippen LogP contribution in [0.3, 0.4) is 0 Å². The number of methoxy groups -OCH3 is 1. The summed E-state index contributed by atoms with van der Waals surface area (Å²) in [7, 11) is -2.13. The molecule has 174 valence electrons. The Kier molecular flexibility index (Phi) is 9.04. The smallest absolute Gasteiger partial charge is 0.306 e. The molecule has 1 fully saturated rings. The third-order valence-corrected chi connectivity index (χ3v) is 7.13. The van der Waals surface area contributed by atoms with Crippen molar-refractivity contribution in [2.24, 2.45) is 0 Å². The van der Waals surface area contributed by atoms with Crippen LogP contribution in [0, 0.1) is 0 Å². The average molecular weight is 463 g/mol. The summed E-state index contributed by atoms with van der Waals surface area (Å²) in [6, 6.07) is 16.5. The molecule has 1 aliphatic rings. The van der Waals surface area contributed by atoms with Gasteiger partial charge in [-0.15, -0.1) is 0 Å². The number of carbonyl (C=O) groups is 1. The Morgan fingerprint density at radius 1 is 1.03 bits per heavy atom. The lowest BCUT2D eigenvalue weighted by Gasteiger charge is -2.26. The molecule has 32 heavy (non-hydrogen) atoms. The van der Waals surface area contributed by atoms with E-state index in [2.05, 4.69) is 4.90 Å². The molecule has 0 unspecified atom stereocenters. The van der Waals surface area contributed by atoms with E-state index in [1.165, 1.54) is 11.4 Å². The summed E-state index contributed by atoms with van der Waals surface area (Å²) < 4.78 is 42.7. The highest BCUT2D eigenvalue weighted by Gasteiger charge is 2.26. The van der Waals surface area contributed by atoms with Gasteiger partial charge in [0.05, 0.1) is 31.6 Å². The SMILES string of the molecule is COC(=O)CCN(CCOc1ccc(S(=O)(=O)N2CCOCC2)cc1)Cc1ccccc1. The lowest BCUT2D eigenvalue weighted by atomic mass is 10.2. The van der Waals surface area contributed by atoms with Gasteiger partial charge in [0.1, 0.15) is 12.4 Å². The van der Waals surface area contributed by atoms with E-state index in [4.69, 9.17) is 14.2 Å². The van der Waals surface area contributed by atoms with Crippen LogP contribution >= 0.6 is 0 Å². The van der Waals surface area contributed by atoms with Crippen molar-refractivity contribution in [3.05, 3.63) is 60.2 Å². The fourth-order valence-electron chi connectivity index (χ4n) is 3.40. The van der Waals surface area contributed by atoms with E-state index in [0.717, 1.165) is 5.56 Å². The zero-order chi connectivity index (χ0) is 22.8. The van der Waals surface area contributed by atoms with Gasteiger partial charge in [-0.25, -0.2) is 8.42 Å². The first-order chi connectivity index (χ1) is 15.5. The summed E-state index contributed by atoms with van der Waals surface area (Å²) >= 11 is 0. The number of benzene rings is 2. The summed E-state index contributed by atoms with van der Waals surface area (Å²) in [5.41, 5.74) is 1.15. The van der Waals surface area contributed by atoms with Crippen LogP contribution in [0.15, 0.2) is 59.5 Å². The second kappa shape index (κ2) is 12.0. The Balaban J connectivity index is 1.54. The van der Waals surface area contributed by atoms with Crippen molar-refractivity contribution in [3.63, 3.8) is 0 Å². The zero-order valence-electron chi connectivity index (χ0n) is 18.3. The molecule has 0 bridgehead atoms. The molecule has 1 saturated heterocycles. The van der Waals surface area contributed by atoms with Gasteiger partial charge in [0.15, 0.2) is 0 Å². The van der Waals surface area contributed by atoms with Gasteiger partial charge in [0, 0.05) is 32.7 Å². The number of ether oxygens (including phenoxy) is 3. The van der Waals surface area contributed by atoms with Gasteiger partial charge in [-0.2, -0.15) is 4.31 Å². The molecule has 0 atom stereocenters. The summed E-state index contributed by atoms with van der Waals surface area (Å²) in [5.74, 6) is 0.347. The monoisotopic (exact) mass is 462 g/mol. The molecular formula is C23H30N2O6S. The Labute approximate surface area is 189 Å². The number of carbonyl (C=O) groups excluding carboxylic acids is 1. The van der Waals surface area contributed by atoms with Crippen LogP contribution in [0.1, 0.15) is 12.0 Å². The molecule has 0 aromatic heterocycles. The summed E-state index contributed by atoms with van der Waals surface area (Å²) in [4.78, 5) is 13.9. The number of esters is 1. The Morgan fingerprint density at radius 2 is 1.72 bits per heavy atom. The summed E-state index contributed by atoms with van der Waals surface area (Å²) in [6.07, 6.45) is 0.303. The molecule has 1 heterocycles. The van der Waals surface area contributed by atoms with Crippen LogP contribution in [-0.2, 0) is 30.8 Å². The highest BCUT2D eigenvalue weighted by molar-refractivity contribution is 7.89. The van der Waals surface area contributed by atoms with E-state index < -0.39 is 10.0 Å². The fraction of sp³-hybridized carbons (Fsp3) is 0.435. The minimum absolute atomic E-state index is 0.246. The first kappa shape index (κ1) is 24.2. The van der Waals surface area contributed by atoms with Crippen molar-refractivity contribution in [2.45, 2.75) is 17.9 Å². The molecule has 0 amide bonds. The maximum absolute atomic E-state index is 12.7. The molecule has 0 saturated carbocycles. The van der Waals surface area contributed by atoms with Gasteiger partial charge in [-0.1, -0.05) is 30.3 Å². The highest BCUT2D eigenvalue weighted by atomic mass is 32.2. The van der Waals surface area contributed by atoms with Crippen molar-refractivity contribution >= 4 is 16.0 Å². The van der Waals surface area contributed by atoms with E-state index in [1.54, 1.807) is 24.3 Å². The normalized spacial score (nSPS) is 14.9. The van der Waals surface area contributed by atoms with Crippen LogP contribution in [0.25, 0.3) is 0 Å². The van der Waals surface area contributed by atoms with Crippen LogP contribution in [0.4, 0.5) is 0 Å². The molecule has 0 spiro atoms. The molecule has 0 N–H and O–H groups in total. The van der Waals surface area contributed by atoms with Gasteiger partial charge in [-0.05, 0) is 29.8 Å². The molecule has 9 heteroatoms. The lowest BCUT2D eigenvalue weighted by molar-refractivity contribution is -0.141. The number of nitrogens with zero attached hydrogens (tertiary/aromatic N) is 2. The maximum Gasteiger partial charge on any atom is 0.306 e. The van der Waals surface area contributed by atoms with Crippen molar-refractivity contribution in [2.75, 3.05) is 53.1 Å². The van der Waals surface area contributed by atoms with Crippen LogP contribution < -0.4 is 4.74 Å². The van der Waals surface area contributed by atoms with Gasteiger partial charge in [-0.3, -0.25) is 9.69 Å². The van der Waals surface area contributed by atoms with Gasteiger partial charge in [0.25, 0.3) is 0 Å². The standard InChI is InChI=1S/C23H30N2O6S/c1-29-23(26)11-12-24(19-20-5-3-2-4-6-20)13-18-31-21-7-9-22(10-8-21)32(27,28)25-14-16-30-17-15-25/h2-10H,11-19H2,1H3. The quantitative estimate of drug-likeness (QED) is 0.473. The topological polar surface area (TPSA) is 85.4 Å². The Hall–Kier alpha value is -2.46. The second-order valence-electron chi connectivity index (χ2n) is 7.42. The Morgan fingerprint density at radius 3 is 2.38 bits per heavy atom. The molecule has 2 aromatic carbocycles. The van der Waals surface area contributed by atoms with Crippen LogP contribution in [0.2, 0.25) is 0 Å². The Bertz CT molecular complexity index is 944. The van der Waals surface area contributed by atoms with E-state index in [0.29, 0.717) is 64.7 Å². The molecule has 2 aromatic rings. The predicted octanol–water partition coefficient (Wildman–Crippen LogP) is 2.15. The minimum Gasteiger partial charge on any atom is -0.492 e. The largest absolute Gasteiger partial charge is 0.492 e. The van der Waals surface area contributed by atoms with Crippen LogP contribution in [-0.4, -0.2) is 76.7 Å². The van der Waals surface area contributed by atoms with E-state index in [-0.39, 0.29) is 10.9 Å². The van der Waals surface area contributed by atoms with Crippen LogP contribution in [0.5, 0.6) is 5.75 Å². The first-order valence-electron chi connectivity index (χ1n) is 10.6. The highest BCUT2D eigenvalue weighted by Crippen LogP contribution is 2.20. The number of morpholine rings is 1. The number of rotatable bonds is 11. The molecule has 3 rings (SSSR count). The van der Waals surface area contributed by atoms with Gasteiger partial charge in [0.2, 0.25) is 10.0 Å². The summed E-state index contributed by atoms with van der Waals surface area (Å²) in [5, 5.41) is 0. The van der Waals surface area contributed by atoms with Crippen molar-refractivity contribution in [1.29, 1.82) is 0 Å². The second-order valence-corrected chi connectivity index (χ2v) is 9.36.